The molecule has 0 spiro atoms. The van der Waals surface area contributed by atoms with Crippen LogP contribution in [0, 0.1) is 0 Å². The molecule has 4 aromatic rings. The molecule has 140 valence electrons. The van der Waals surface area contributed by atoms with Crippen molar-refractivity contribution in [1.29, 1.82) is 0 Å². The summed E-state index contributed by atoms with van der Waals surface area (Å²) in [5, 5.41) is 14.6. The number of nitrogens with one attached hydrogen (secondary N) is 1. The molecule has 4 rings (SSSR count). The van der Waals surface area contributed by atoms with Crippen LogP contribution in [0.2, 0.25) is 0 Å². The van der Waals surface area contributed by atoms with E-state index in [4.69, 9.17) is 0 Å². The maximum absolute atomic E-state index is 10.3. The summed E-state index contributed by atoms with van der Waals surface area (Å²) in [6.45, 7) is 4.20. The minimum atomic E-state index is -0.939. The molecule has 0 aliphatic rings. The Morgan fingerprint density at radius 2 is 1.75 bits per heavy atom. The van der Waals surface area contributed by atoms with Gasteiger partial charge in [0.1, 0.15) is 12.1 Å². The standard InChI is InChI=1S/C23H22N4O/c1-23(2,28)19-10-18(13-24-14-19)17-8-9-21-20(11-17)22(27-15-26-21)25-12-16-6-4-3-5-7-16/h3-11,13-15,28H,12H2,1-2H3,(H,25,26,27). The smallest absolute Gasteiger partial charge is 0.137 e. The molecule has 0 aliphatic heterocycles. The number of aliphatic hydroxyl groups is 1. The van der Waals surface area contributed by atoms with Crippen molar-refractivity contribution < 1.29 is 5.11 Å². The van der Waals surface area contributed by atoms with Crippen LogP contribution in [0.4, 0.5) is 5.82 Å². The van der Waals surface area contributed by atoms with Gasteiger partial charge in [-0.15, -0.1) is 0 Å². The first kappa shape index (κ1) is 18.1. The predicted molar refractivity (Wildman–Crippen MR) is 112 cm³/mol. The second-order valence-electron chi connectivity index (χ2n) is 7.31. The highest BCUT2D eigenvalue weighted by atomic mass is 16.3. The lowest BCUT2D eigenvalue weighted by molar-refractivity contribution is 0.0783. The molecule has 2 heterocycles. The zero-order valence-electron chi connectivity index (χ0n) is 15.9. The predicted octanol–water partition coefficient (Wildman–Crippen LogP) is 4.53. The zero-order chi connectivity index (χ0) is 19.6. The van der Waals surface area contributed by atoms with E-state index in [1.54, 1.807) is 32.6 Å². The molecule has 0 saturated carbocycles. The van der Waals surface area contributed by atoms with Crippen LogP contribution in [0.3, 0.4) is 0 Å². The Labute approximate surface area is 164 Å². The van der Waals surface area contributed by atoms with E-state index in [1.807, 2.05) is 36.4 Å². The molecule has 0 bridgehead atoms. The van der Waals surface area contributed by atoms with E-state index in [2.05, 4.69) is 38.5 Å². The highest BCUT2D eigenvalue weighted by Crippen LogP contribution is 2.29. The van der Waals surface area contributed by atoms with Gasteiger partial charge in [-0.2, -0.15) is 0 Å². The quantitative estimate of drug-likeness (QED) is 0.540. The van der Waals surface area contributed by atoms with E-state index < -0.39 is 5.60 Å². The van der Waals surface area contributed by atoms with E-state index in [1.165, 1.54) is 5.56 Å². The summed E-state index contributed by atoms with van der Waals surface area (Å²) in [6.07, 6.45) is 5.07. The van der Waals surface area contributed by atoms with Crippen LogP contribution >= 0.6 is 0 Å². The van der Waals surface area contributed by atoms with Gasteiger partial charge in [0, 0.05) is 35.5 Å². The summed E-state index contributed by atoms with van der Waals surface area (Å²) < 4.78 is 0. The van der Waals surface area contributed by atoms with E-state index in [9.17, 15) is 5.11 Å². The number of hydrogen-bond acceptors (Lipinski definition) is 5. The second kappa shape index (κ2) is 7.37. The average Bonchev–Trinajstić information content (AvgIpc) is 2.72. The van der Waals surface area contributed by atoms with Crippen LogP contribution in [0.1, 0.15) is 25.0 Å². The van der Waals surface area contributed by atoms with Gasteiger partial charge >= 0.3 is 0 Å². The number of rotatable bonds is 5. The Bertz CT molecular complexity index is 1100. The average molecular weight is 370 g/mol. The van der Waals surface area contributed by atoms with Crippen molar-refractivity contribution >= 4 is 16.7 Å². The van der Waals surface area contributed by atoms with Gasteiger partial charge in [-0.25, -0.2) is 9.97 Å². The van der Waals surface area contributed by atoms with Gasteiger partial charge in [-0.05, 0) is 43.2 Å². The molecule has 0 amide bonds. The van der Waals surface area contributed by atoms with Crippen molar-refractivity contribution in [2.24, 2.45) is 0 Å². The first-order chi connectivity index (χ1) is 13.5. The maximum atomic E-state index is 10.3. The molecule has 0 aliphatic carbocycles. The normalized spacial score (nSPS) is 11.5. The Balaban J connectivity index is 1.70. The molecule has 2 aromatic carbocycles. The molecule has 0 saturated heterocycles. The molecular formula is C23H22N4O. The topological polar surface area (TPSA) is 70.9 Å². The van der Waals surface area contributed by atoms with Crippen molar-refractivity contribution in [1.82, 2.24) is 15.0 Å². The fourth-order valence-corrected chi connectivity index (χ4v) is 3.09. The first-order valence-corrected chi connectivity index (χ1v) is 9.21. The van der Waals surface area contributed by atoms with Gasteiger partial charge in [0.05, 0.1) is 11.1 Å². The van der Waals surface area contributed by atoms with E-state index in [0.29, 0.717) is 6.54 Å². The van der Waals surface area contributed by atoms with Crippen LogP contribution in [0.25, 0.3) is 22.0 Å². The van der Waals surface area contributed by atoms with Crippen molar-refractivity contribution in [3.63, 3.8) is 0 Å². The molecular weight excluding hydrogens is 348 g/mol. The molecule has 0 radical (unpaired) electrons. The van der Waals surface area contributed by atoms with Gasteiger partial charge in [-0.1, -0.05) is 36.4 Å². The third-order valence-corrected chi connectivity index (χ3v) is 4.72. The van der Waals surface area contributed by atoms with Crippen molar-refractivity contribution in [3.05, 3.63) is 84.4 Å². The van der Waals surface area contributed by atoms with Crippen LogP contribution < -0.4 is 5.32 Å². The van der Waals surface area contributed by atoms with Crippen molar-refractivity contribution in [2.75, 3.05) is 5.32 Å². The summed E-state index contributed by atoms with van der Waals surface area (Å²) >= 11 is 0. The highest BCUT2D eigenvalue weighted by Gasteiger charge is 2.17. The van der Waals surface area contributed by atoms with E-state index in [0.717, 1.165) is 33.4 Å². The van der Waals surface area contributed by atoms with Crippen LogP contribution in [-0.4, -0.2) is 20.1 Å². The largest absolute Gasteiger partial charge is 0.386 e. The molecule has 2 aromatic heterocycles. The summed E-state index contributed by atoms with van der Waals surface area (Å²) in [5.74, 6) is 0.794. The fourth-order valence-electron chi connectivity index (χ4n) is 3.09. The van der Waals surface area contributed by atoms with Crippen molar-refractivity contribution in [2.45, 2.75) is 26.0 Å². The van der Waals surface area contributed by atoms with Crippen molar-refractivity contribution in [3.8, 4) is 11.1 Å². The number of aromatic nitrogens is 3. The van der Waals surface area contributed by atoms with E-state index in [-0.39, 0.29) is 0 Å². The minimum Gasteiger partial charge on any atom is -0.386 e. The number of benzene rings is 2. The lowest BCUT2D eigenvalue weighted by atomic mass is 9.96. The number of hydrogen-bond donors (Lipinski definition) is 2. The fraction of sp³-hybridized carbons (Fsp3) is 0.174. The Hall–Kier alpha value is -3.31. The summed E-state index contributed by atoms with van der Waals surface area (Å²) in [5.41, 5.74) is 3.85. The molecule has 28 heavy (non-hydrogen) atoms. The molecule has 0 fully saturated rings. The Kier molecular flexibility index (Phi) is 4.75. The maximum Gasteiger partial charge on any atom is 0.137 e. The number of pyridine rings is 1. The molecule has 2 N–H and O–H groups in total. The zero-order valence-corrected chi connectivity index (χ0v) is 15.9. The Morgan fingerprint density at radius 3 is 2.54 bits per heavy atom. The Morgan fingerprint density at radius 1 is 0.929 bits per heavy atom. The highest BCUT2D eigenvalue weighted by molar-refractivity contribution is 5.92. The third-order valence-electron chi connectivity index (χ3n) is 4.72. The molecule has 5 heteroatoms. The first-order valence-electron chi connectivity index (χ1n) is 9.21. The summed E-state index contributed by atoms with van der Waals surface area (Å²) in [6, 6.07) is 18.2. The third kappa shape index (κ3) is 3.85. The lowest BCUT2D eigenvalue weighted by Gasteiger charge is -2.18. The summed E-state index contributed by atoms with van der Waals surface area (Å²) in [4.78, 5) is 13.1. The number of anilines is 1. The lowest BCUT2D eigenvalue weighted by Crippen LogP contribution is -2.15. The van der Waals surface area contributed by atoms with Gasteiger partial charge in [0.25, 0.3) is 0 Å². The minimum absolute atomic E-state index is 0.687. The number of fused-ring (bicyclic) bond motifs is 1. The molecule has 5 nitrogen and oxygen atoms in total. The van der Waals surface area contributed by atoms with Gasteiger partial charge in [-0.3, -0.25) is 4.98 Å². The second-order valence-corrected chi connectivity index (χ2v) is 7.31. The van der Waals surface area contributed by atoms with Crippen LogP contribution in [0.15, 0.2) is 73.3 Å². The number of nitrogens with zero attached hydrogens (tertiary/aromatic N) is 3. The van der Waals surface area contributed by atoms with Gasteiger partial charge < -0.3 is 10.4 Å². The summed E-state index contributed by atoms with van der Waals surface area (Å²) in [7, 11) is 0. The van der Waals surface area contributed by atoms with Crippen LogP contribution in [-0.2, 0) is 12.1 Å². The van der Waals surface area contributed by atoms with E-state index >= 15 is 0 Å². The molecule has 0 unspecified atom stereocenters. The monoisotopic (exact) mass is 370 g/mol. The van der Waals surface area contributed by atoms with Gasteiger partial charge in [0.2, 0.25) is 0 Å². The van der Waals surface area contributed by atoms with Gasteiger partial charge in [0.15, 0.2) is 0 Å². The molecule has 0 atom stereocenters. The van der Waals surface area contributed by atoms with Crippen LogP contribution in [0.5, 0.6) is 0 Å². The SMILES string of the molecule is CC(C)(O)c1cncc(-c2ccc3ncnc(NCc4ccccc4)c3c2)c1.